The number of hydrogen-bond acceptors (Lipinski definition) is 4. The summed E-state index contributed by atoms with van der Waals surface area (Å²) in [4.78, 5) is 4.46. The Morgan fingerprint density at radius 1 is 1.30 bits per heavy atom. The highest BCUT2D eigenvalue weighted by atomic mass is 16.3. The van der Waals surface area contributed by atoms with E-state index in [0.717, 1.165) is 22.3 Å². The molecule has 2 aromatic rings. The Morgan fingerprint density at radius 3 is 2.55 bits per heavy atom. The van der Waals surface area contributed by atoms with Gasteiger partial charge in [-0.05, 0) is 46.2 Å². The molecule has 110 valence electrons. The molecule has 0 amide bonds. The fraction of sp³-hybridized carbons (Fsp3) is 0.600. The minimum atomic E-state index is -0.797. The first-order chi connectivity index (χ1) is 9.12. The SMILES string of the molecule is Cc1nn(C)c2ncc(CNC(C)(C)C(C)(C)O)cc12. The average molecular weight is 276 g/mol. The largest absolute Gasteiger partial charge is 0.389 e. The summed E-state index contributed by atoms with van der Waals surface area (Å²) in [5.74, 6) is 0. The van der Waals surface area contributed by atoms with Crippen LogP contribution in [0, 0.1) is 6.92 Å². The van der Waals surface area contributed by atoms with Gasteiger partial charge in [-0.15, -0.1) is 0 Å². The van der Waals surface area contributed by atoms with E-state index in [1.165, 1.54) is 0 Å². The maximum absolute atomic E-state index is 10.2. The monoisotopic (exact) mass is 276 g/mol. The molecule has 2 rings (SSSR count). The summed E-state index contributed by atoms with van der Waals surface area (Å²) in [6.07, 6.45) is 1.86. The van der Waals surface area contributed by atoms with Crippen LogP contribution in [0.4, 0.5) is 0 Å². The molecule has 0 saturated heterocycles. The Hall–Kier alpha value is -1.46. The highest BCUT2D eigenvalue weighted by Crippen LogP contribution is 2.22. The molecule has 2 aromatic heterocycles. The van der Waals surface area contributed by atoms with Gasteiger partial charge in [-0.2, -0.15) is 5.10 Å². The topological polar surface area (TPSA) is 63.0 Å². The summed E-state index contributed by atoms with van der Waals surface area (Å²) in [7, 11) is 1.90. The van der Waals surface area contributed by atoms with Crippen molar-refractivity contribution in [3.8, 4) is 0 Å². The van der Waals surface area contributed by atoms with Crippen molar-refractivity contribution >= 4 is 11.0 Å². The summed E-state index contributed by atoms with van der Waals surface area (Å²) in [5.41, 5.74) is 1.79. The van der Waals surface area contributed by atoms with Crippen LogP contribution in [-0.4, -0.2) is 31.0 Å². The molecule has 2 heterocycles. The number of rotatable bonds is 4. The van der Waals surface area contributed by atoms with Crippen molar-refractivity contribution in [1.82, 2.24) is 20.1 Å². The molecule has 2 N–H and O–H groups in total. The Labute approximate surface area is 120 Å². The summed E-state index contributed by atoms with van der Waals surface area (Å²) < 4.78 is 1.79. The Morgan fingerprint density at radius 2 is 1.95 bits per heavy atom. The van der Waals surface area contributed by atoms with Crippen molar-refractivity contribution < 1.29 is 5.11 Å². The zero-order valence-corrected chi connectivity index (χ0v) is 13.2. The number of nitrogens with one attached hydrogen (secondary N) is 1. The van der Waals surface area contributed by atoms with Crippen molar-refractivity contribution in [1.29, 1.82) is 0 Å². The molecular formula is C15H24N4O. The first-order valence-electron chi connectivity index (χ1n) is 6.87. The molecule has 5 nitrogen and oxygen atoms in total. The average Bonchev–Trinajstić information content (AvgIpc) is 2.61. The fourth-order valence-electron chi connectivity index (χ4n) is 1.99. The Balaban J connectivity index is 2.21. The number of hydrogen-bond donors (Lipinski definition) is 2. The quantitative estimate of drug-likeness (QED) is 0.895. The fourth-order valence-corrected chi connectivity index (χ4v) is 1.99. The summed E-state index contributed by atoms with van der Waals surface area (Å²) in [6, 6.07) is 2.11. The van der Waals surface area contributed by atoms with E-state index in [4.69, 9.17) is 0 Å². The van der Waals surface area contributed by atoms with E-state index in [0.29, 0.717) is 6.54 Å². The van der Waals surface area contributed by atoms with Crippen LogP contribution >= 0.6 is 0 Å². The van der Waals surface area contributed by atoms with Gasteiger partial charge >= 0.3 is 0 Å². The zero-order valence-electron chi connectivity index (χ0n) is 13.2. The highest BCUT2D eigenvalue weighted by Gasteiger charge is 2.34. The van der Waals surface area contributed by atoms with Crippen LogP contribution in [0.1, 0.15) is 39.0 Å². The van der Waals surface area contributed by atoms with Crippen LogP contribution < -0.4 is 5.32 Å². The van der Waals surface area contributed by atoms with Crippen molar-refractivity contribution in [3.05, 3.63) is 23.5 Å². The molecule has 0 fully saturated rings. The van der Waals surface area contributed by atoms with Gasteiger partial charge in [0, 0.05) is 30.7 Å². The third kappa shape index (κ3) is 2.69. The summed E-state index contributed by atoms with van der Waals surface area (Å²) in [6.45, 7) is 10.3. The molecule has 0 bridgehead atoms. The van der Waals surface area contributed by atoms with Crippen LogP contribution in [0.3, 0.4) is 0 Å². The van der Waals surface area contributed by atoms with Gasteiger partial charge in [0.15, 0.2) is 5.65 Å². The third-order valence-electron chi connectivity index (χ3n) is 4.18. The van der Waals surface area contributed by atoms with Crippen LogP contribution in [0.5, 0.6) is 0 Å². The van der Waals surface area contributed by atoms with Crippen molar-refractivity contribution in [3.63, 3.8) is 0 Å². The van der Waals surface area contributed by atoms with Gasteiger partial charge in [-0.25, -0.2) is 4.98 Å². The Kier molecular flexibility index (Phi) is 3.60. The Bertz CT molecular complexity index is 623. The number of fused-ring (bicyclic) bond motifs is 1. The zero-order chi connectivity index (χ0) is 15.1. The number of aromatic nitrogens is 3. The van der Waals surface area contributed by atoms with Crippen LogP contribution in [0.25, 0.3) is 11.0 Å². The lowest BCUT2D eigenvalue weighted by Gasteiger charge is -2.38. The van der Waals surface area contributed by atoms with Gasteiger partial charge in [0.1, 0.15) is 0 Å². The third-order valence-corrected chi connectivity index (χ3v) is 4.18. The smallest absolute Gasteiger partial charge is 0.157 e. The second-order valence-electron chi connectivity index (χ2n) is 6.46. The summed E-state index contributed by atoms with van der Waals surface area (Å²) in [5, 5.41) is 19.0. The van der Waals surface area contributed by atoms with E-state index >= 15 is 0 Å². The first-order valence-corrected chi connectivity index (χ1v) is 6.87. The molecule has 0 aliphatic rings. The standard InChI is InChI=1S/C15H24N4O/c1-10-12-7-11(8-16-13(12)19(6)18-10)9-17-14(2,3)15(4,5)20/h7-8,17,20H,9H2,1-6H3. The minimum Gasteiger partial charge on any atom is -0.389 e. The molecule has 0 atom stereocenters. The van der Waals surface area contributed by atoms with Gasteiger partial charge < -0.3 is 10.4 Å². The highest BCUT2D eigenvalue weighted by molar-refractivity contribution is 5.78. The van der Waals surface area contributed by atoms with Crippen molar-refractivity contribution in [2.45, 2.75) is 52.3 Å². The molecule has 0 spiro atoms. The summed E-state index contributed by atoms with van der Waals surface area (Å²) >= 11 is 0. The van der Waals surface area contributed by atoms with E-state index in [2.05, 4.69) is 21.5 Å². The molecule has 0 aromatic carbocycles. The lowest BCUT2D eigenvalue weighted by Crippen LogP contribution is -2.55. The molecule has 20 heavy (non-hydrogen) atoms. The van der Waals surface area contributed by atoms with E-state index in [1.807, 2.05) is 47.9 Å². The molecule has 0 saturated carbocycles. The van der Waals surface area contributed by atoms with Crippen molar-refractivity contribution in [2.75, 3.05) is 0 Å². The van der Waals surface area contributed by atoms with Crippen molar-refractivity contribution in [2.24, 2.45) is 7.05 Å². The maximum atomic E-state index is 10.2. The van der Waals surface area contributed by atoms with E-state index in [9.17, 15) is 5.11 Å². The molecule has 0 unspecified atom stereocenters. The second-order valence-corrected chi connectivity index (χ2v) is 6.46. The first kappa shape index (κ1) is 14.9. The molecule has 5 heteroatoms. The predicted molar refractivity (Wildman–Crippen MR) is 80.5 cm³/mol. The van der Waals surface area contributed by atoms with Crippen LogP contribution in [0.15, 0.2) is 12.3 Å². The van der Waals surface area contributed by atoms with Crippen LogP contribution in [-0.2, 0) is 13.6 Å². The molecule has 0 aliphatic carbocycles. The number of aryl methyl sites for hydroxylation is 2. The number of pyridine rings is 1. The van der Waals surface area contributed by atoms with Gasteiger partial charge in [0.25, 0.3) is 0 Å². The van der Waals surface area contributed by atoms with E-state index < -0.39 is 5.60 Å². The lowest BCUT2D eigenvalue weighted by atomic mass is 9.86. The van der Waals surface area contributed by atoms with Gasteiger partial charge in [-0.1, -0.05) is 0 Å². The number of nitrogens with zero attached hydrogens (tertiary/aromatic N) is 3. The molecule has 0 aliphatic heterocycles. The molecular weight excluding hydrogens is 252 g/mol. The van der Waals surface area contributed by atoms with E-state index in [1.54, 1.807) is 4.68 Å². The minimum absolute atomic E-state index is 0.383. The number of aliphatic hydroxyl groups is 1. The predicted octanol–water partition coefficient (Wildman–Crippen LogP) is 1.92. The van der Waals surface area contributed by atoms with E-state index in [-0.39, 0.29) is 5.54 Å². The normalized spacial score (nSPS) is 13.2. The maximum Gasteiger partial charge on any atom is 0.157 e. The lowest BCUT2D eigenvalue weighted by molar-refractivity contribution is -0.00532. The van der Waals surface area contributed by atoms with Gasteiger partial charge in [-0.3, -0.25) is 4.68 Å². The van der Waals surface area contributed by atoms with Gasteiger partial charge in [0.2, 0.25) is 0 Å². The molecule has 0 radical (unpaired) electrons. The van der Waals surface area contributed by atoms with Crippen LogP contribution in [0.2, 0.25) is 0 Å². The van der Waals surface area contributed by atoms with Gasteiger partial charge in [0.05, 0.1) is 11.3 Å². The second kappa shape index (κ2) is 4.82.